The van der Waals surface area contributed by atoms with Crippen LogP contribution in [0, 0.1) is 0 Å². The first-order valence-corrected chi connectivity index (χ1v) is 8.05. The second-order valence-corrected chi connectivity index (χ2v) is 5.44. The van der Waals surface area contributed by atoms with Gasteiger partial charge in [0, 0.05) is 51.9 Å². The predicted octanol–water partition coefficient (Wildman–Crippen LogP) is 1.35. The number of hydrogen-bond donors (Lipinski definition) is 1. The highest BCUT2D eigenvalue weighted by Gasteiger charge is 2.18. The maximum Gasteiger partial charge on any atom is 0.223 e. The summed E-state index contributed by atoms with van der Waals surface area (Å²) in [5, 5.41) is 2.81. The molecule has 0 aromatic heterocycles. The van der Waals surface area contributed by atoms with Crippen molar-refractivity contribution in [3.8, 4) is 11.5 Å². The number of anilines is 1. The third-order valence-corrected chi connectivity index (χ3v) is 3.63. The first-order chi connectivity index (χ1) is 11.6. The van der Waals surface area contributed by atoms with Crippen LogP contribution < -0.4 is 19.7 Å². The van der Waals surface area contributed by atoms with Crippen LogP contribution >= 0.6 is 0 Å². The van der Waals surface area contributed by atoms with E-state index < -0.39 is 0 Å². The summed E-state index contributed by atoms with van der Waals surface area (Å²) in [6, 6.07) is 5.35. The summed E-state index contributed by atoms with van der Waals surface area (Å²) in [5.74, 6) is 1.08. The van der Waals surface area contributed by atoms with Crippen LogP contribution in [0.4, 0.5) is 5.69 Å². The van der Waals surface area contributed by atoms with E-state index in [0.29, 0.717) is 50.1 Å². The lowest BCUT2D eigenvalue weighted by molar-refractivity contribution is -0.121. The summed E-state index contributed by atoms with van der Waals surface area (Å²) in [4.78, 5) is 25.4. The molecule has 2 rings (SSSR count). The number of carbonyl (C=O) groups is 2. The highest BCUT2D eigenvalue weighted by molar-refractivity contribution is 5.92. The maximum atomic E-state index is 11.9. The molecule has 7 nitrogen and oxygen atoms in total. The normalized spacial score (nSPS) is 12.6. The van der Waals surface area contributed by atoms with E-state index in [1.54, 1.807) is 30.2 Å². The number of nitrogens with one attached hydrogen (secondary N) is 1. The van der Waals surface area contributed by atoms with E-state index in [1.165, 1.54) is 6.92 Å². The fourth-order valence-corrected chi connectivity index (χ4v) is 2.41. The van der Waals surface area contributed by atoms with Gasteiger partial charge in [0.1, 0.15) is 13.2 Å². The van der Waals surface area contributed by atoms with Gasteiger partial charge in [-0.25, -0.2) is 0 Å². The molecule has 132 valence electrons. The Morgan fingerprint density at radius 3 is 2.71 bits per heavy atom. The van der Waals surface area contributed by atoms with Gasteiger partial charge in [-0.15, -0.1) is 0 Å². The number of rotatable bonds is 8. The van der Waals surface area contributed by atoms with Crippen molar-refractivity contribution in [3.05, 3.63) is 18.2 Å². The average Bonchev–Trinajstić information content (AvgIpc) is 2.58. The Morgan fingerprint density at radius 2 is 2.00 bits per heavy atom. The average molecular weight is 336 g/mol. The topological polar surface area (TPSA) is 77.1 Å². The highest BCUT2D eigenvalue weighted by Crippen LogP contribution is 2.34. The Kier molecular flexibility index (Phi) is 6.87. The van der Waals surface area contributed by atoms with Gasteiger partial charge in [0.25, 0.3) is 0 Å². The summed E-state index contributed by atoms with van der Waals surface area (Å²) >= 11 is 0. The quantitative estimate of drug-likeness (QED) is 0.725. The Hall–Kier alpha value is -2.28. The molecule has 0 saturated heterocycles. The Labute approximate surface area is 141 Å². The molecule has 0 aliphatic carbocycles. The third-order valence-electron chi connectivity index (χ3n) is 3.63. The molecule has 1 heterocycles. The number of ether oxygens (including phenoxy) is 3. The Morgan fingerprint density at radius 1 is 1.25 bits per heavy atom. The van der Waals surface area contributed by atoms with Crippen LogP contribution in [0.15, 0.2) is 18.2 Å². The lowest BCUT2D eigenvalue weighted by Crippen LogP contribution is -2.34. The van der Waals surface area contributed by atoms with Gasteiger partial charge in [-0.1, -0.05) is 0 Å². The van der Waals surface area contributed by atoms with Crippen molar-refractivity contribution in [2.75, 3.05) is 44.9 Å². The summed E-state index contributed by atoms with van der Waals surface area (Å²) in [6.45, 7) is 3.97. The zero-order valence-electron chi connectivity index (χ0n) is 14.2. The molecule has 0 spiro atoms. The zero-order valence-corrected chi connectivity index (χ0v) is 14.2. The SMILES string of the molecule is COCCCNC(=O)CCN(C(C)=O)c1ccc2c(c1)OCCO2. The number of nitrogens with zero attached hydrogens (tertiary/aromatic N) is 1. The molecule has 1 aromatic carbocycles. The standard InChI is InChI=1S/C17H24N2O5/c1-13(20)19(8-6-17(21)18-7-3-9-22-2)14-4-5-15-16(12-14)24-11-10-23-15/h4-5,12H,3,6-11H2,1-2H3,(H,18,21). The Bertz CT molecular complexity index is 576. The van der Waals surface area contributed by atoms with Crippen molar-refractivity contribution in [2.45, 2.75) is 19.8 Å². The van der Waals surface area contributed by atoms with E-state index in [1.807, 2.05) is 0 Å². The van der Waals surface area contributed by atoms with Gasteiger partial charge >= 0.3 is 0 Å². The molecular formula is C17H24N2O5. The lowest BCUT2D eigenvalue weighted by atomic mass is 10.2. The van der Waals surface area contributed by atoms with Crippen molar-refractivity contribution < 1.29 is 23.8 Å². The number of amides is 2. The van der Waals surface area contributed by atoms with E-state index in [0.717, 1.165) is 6.42 Å². The van der Waals surface area contributed by atoms with Crippen LogP contribution in [0.5, 0.6) is 11.5 Å². The highest BCUT2D eigenvalue weighted by atomic mass is 16.6. The number of methoxy groups -OCH3 is 1. The van der Waals surface area contributed by atoms with Crippen LogP contribution in [-0.2, 0) is 14.3 Å². The third kappa shape index (κ3) is 5.13. The predicted molar refractivity (Wildman–Crippen MR) is 89.6 cm³/mol. The molecule has 2 amide bonds. The molecule has 7 heteroatoms. The van der Waals surface area contributed by atoms with Crippen molar-refractivity contribution in [1.29, 1.82) is 0 Å². The first-order valence-electron chi connectivity index (χ1n) is 8.05. The van der Waals surface area contributed by atoms with E-state index in [9.17, 15) is 9.59 Å². The molecule has 1 N–H and O–H groups in total. The Balaban J connectivity index is 1.92. The summed E-state index contributed by atoms with van der Waals surface area (Å²) in [6.07, 6.45) is 1.00. The number of benzene rings is 1. The monoisotopic (exact) mass is 336 g/mol. The minimum Gasteiger partial charge on any atom is -0.486 e. The lowest BCUT2D eigenvalue weighted by Gasteiger charge is -2.24. The van der Waals surface area contributed by atoms with Crippen molar-refractivity contribution in [3.63, 3.8) is 0 Å². The molecule has 0 bridgehead atoms. The van der Waals surface area contributed by atoms with E-state index in [2.05, 4.69) is 5.32 Å². The number of fused-ring (bicyclic) bond motifs is 1. The smallest absolute Gasteiger partial charge is 0.223 e. The van der Waals surface area contributed by atoms with Gasteiger partial charge in [-0.05, 0) is 18.6 Å². The van der Waals surface area contributed by atoms with Crippen LogP contribution in [0.25, 0.3) is 0 Å². The van der Waals surface area contributed by atoms with Gasteiger partial charge in [0.05, 0.1) is 0 Å². The minimum atomic E-state index is -0.126. The van der Waals surface area contributed by atoms with E-state index >= 15 is 0 Å². The molecule has 0 unspecified atom stereocenters. The van der Waals surface area contributed by atoms with Crippen LogP contribution in [0.1, 0.15) is 19.8 Å². The number of hydrogen-bond acceptors (Lipinski definition) is 5. The molecule has 0 saturated carbocycles. The molecular weight excluding hydrogens is 312 g/mol. The van der Waals surface area contributed by atoms with Gasteiger partial charge in [-0.3, -0.25) is 9.59 Å². The first kappa shape index (κ1) is 18.1. The molecule has 0 radical (unpaired) electrons. The summed E-state index contributed by atoms with van der Waals surface area (Å²) in [5.41, 5.74) is 0.693. The van der Waals surface area contributed by atoms with E-state index in [-0.39, 0.29) is 18.2 Å². The molecule has 24 heavy (non-hydrogen) atoms. The van der Waals surface area contributed by atoms with Gasteiger partial charge in [0.15, 0.2) is 11.5 Å². The largest absolute Gasteiger partial charge is 0.486 e. The second kappa shape index (κ2) is 9.12. The fraction of sp³-hybridized carbons (Fsp3) is 0.529. The van der Waals surface area contributed by atoms with E-state index in [4.69, 9.17) is 14.2 Å². The molecule has 1 aromatic rings. The second-order valence-electron chi connectivity index (χ2n) is 5.44. The summed E-state index contributed by atoms with van der Waals surface area (Å²) < 4.78 is 16.0. The maximum absolute atomic E-state index is 11.9. The molecule has 0 atom stereocenters. The van der Waals surface area contributed by atoms with Crippen LogP contribution in [0.3, 0.4) is 0 Å². The van der Waals surface area contributed by atoms with Gasteiger partial charge in [-0.2, -0.15) is 0 Å². The molecule has 0 fully saturated rings. The minimum absolute atomic E-state index is 0.0881. The molecule has 1 aliphatic heterocycles. The van der Waals surface area contributed by atoms with Crippen molar-refractivity contribution >= 4 is 17.5 Å². The van der Waals surface area contributed by atoms with Gasteiger partial charge < -0.3 is 24.4 Å². The summed E-state index contributed by atoms with van der Waals surface area (Å²) in [7, 11) is 1.62. The van der Waals surface area contributed by atoms with Crippen LogP contribution in [0.2, 0.25) is 0 Å². The van der Waals surface area contributed by atoms with Crippen LogP contribution in [-0.4, -0.2) is 51.8 Å². The number of carbonyl (C=O) groups excluding carboxylic acids is 2. The zero-order chi connectivity index (χ0) is 17.4. The fourth-order valence-electron chi connectivity index (χ4n) is 2.41. The van der Waals surface area contributed by atoms with Crippen molar-refractivity contribution in [1.82, 2.24) is 5.32 Å². The molecule has 1 aliphatic rings. The van der Waals surface area contributed by atoms with Gasteiger partial charge in [0.2, 0.25) is 11.8 Å². The van der Waals surface area contributed by atoms with Crippen molar-refractivity contribution in [2.24, 2.45) is 0 Å².